The van der Waals surface area contributed by atoms with Crippen LogP contribution in [0.5, 0.6) is 0 Å². The summed E-state index contributed by atoms with van der Waals surface area (Å²) in [5.41, 5.74) is 0. The Morgan fingerprint density at radius 1 is 1.36 bits per heavy atom. The molecule has 0 radical (unpaired) electrons. The van der Waals surface area contributed by atoms with E-state index in [9.17, 15) is 13.2 Å². The zero-order valence-corrected chi connectivity index (χ0v) is 8.66. The van der Waals surface area contributed by atoms with Crippen molar-refractivity contribution in [2.24, 2.45) is 0 Å². The molecule has 0 amide bonds. The number of ether oxygens (including phenoxy) is 1. The van der Waals surface area contributed by atoms with Crippen molar-refractivity contribution in [1.29, 1.82) is 0 Å². The Balaban J connectivity index is 3.21. The van der Waals surface area contributed by atoms with E-state index in [0.29, 0.717) is 12.5 Å². The molecule has 0 rings (SSSR count). The van der Waals surface area contributed by atoms with E-state index >= 15 is 0 Å². The lowest BCUT2D eigenvalue weighted by molar-refractivity contribution is -0.174. The van der Waals surface area contributed by atoms with Crippen LogP contribution in [0.1, 0.15) is 26.7 Å². The Labute approximate surface area is 82.8 Å². The first kappa shape index (κ1) is 13.7. The molecule has 0 saturated carbocycles. The molecule has 0 bridgehead atoms. The van der Waals surface area contributed by atoms with Crippen LogP contribution in [0, 0.1) is 0 Å². The lowest BCUT2D eigenvalue weighted by Crippen LogP contribution is -2.26. The van der Waals surface area contributed by atoms with Gasteiger partial charge < -0.3 is 10.1 Å². The minimum atomic E-state index is -4.20. The largest absolute Gasteiger partial charge is 0.411 e. The van der Waals surface area contributed by atoms with Crippen molar-refractivity contribution >= 4 is 0 Å². The highest BCUT2D eigenvalue weighted by Gasteiger charge is 2.27. The third kappa shape index (κ3) is 9.80. The molecule has 0 aromatic rings. The minimum absolute atomic E-state index is 0.176. The van der Waals surface area contributed by atoms with Crippen molar-refractivity contribution in [3.8, 4) is 0 Å². The Morgan fingerprint density at radius 2 is 2.00 bits per heavy atom. The summed E-state index contributed by atoms with van der Waals surface area (Å²) in [5, 5.41) is 3.17. The molecule has 1 N–H and O–H groups in total. The van der Waals surface area contributed by atoms with Crippen molar-refractivity contribution in [1.82, 2.24) is 5.32 Å². The molecule has 0 fully saturated rings. The van der Waals surface area contributed by atoms with E-state index in [1.54, 1.807) is 0 Å². The molecular formula is C9H18F3NO. The van der Waals surface area contributed by atoms with Crippen LogP contribution in [0.25, 0.3) is 0 Å². The van der Waals surface area contributed by atoms with Crippen molar-refractivity contribution in [3.63, 3.8) is 0 Å². The third-order valence-corrected chi connectivity index (χ3v) is 1.74. The van der Waals surface area contributed by atoms with Crippen LogP contribution in [-0.2, 0) is 4.74 Å². The predicted octanol–water partition coefficient (Wildman–Crippen LogP) is 2.34. The van der Waals surface area contributed by atoms with Gasteiger partial charge in [0.05, 0.1) is 0 Å². The van der Waals surface area contributed by atoms with Gasteiger partial charge >= 0.3 is 6.18 Å². The Bertz CT molecular complexity index is 139. The van der Waals surface area contributed by atoms with E-state index in [0.717, 1.165) is 13.0 Å². The molecule has 0 aliphatic rings. The summed E-state index contributed by atoms with van der Waals surface area (Å²) in [4.78, 5) is 0. The second-order valence-corrected chi connectivity index (χ2v) is 3.27. The number of halogens is 3. The highest BCUT2D eigenvalue weighted by Crippen LogP contribution is 2.14. The lowest BCUT2D eigenvalue weighted by atomic mass is 10.2. The van der Waals surface area contributed by atoms with Crippen LogP contribution in [0.3, 0.4) is 0 Å². The molecule has 14 heavy (non-hydrogen) atoms. The van der Waals surface area contributed by atoms with Gasteiger partial charge in [-0.2, -0.15) is 13.2 Å². The van der Waals surface area contributed by atoms with E-state index in [2.05, 4.69) is 10.1 Å². The van der Waals surface area contributed by atoms with Crippen molar-refractivity contribution in [2.75, 3.05) is 19.8 Å². The molecule has 2 nitrogen and oxygen atoms in total. The standard InChI is InChI=1S/C9H18F3NO/c1-3-13-8(2)5-4-6-14-7-9(10,11)12/h8,13H,3-7H2,1-2H3. The third-order valence-electron chi connectivity index (χ3n) is 1.74. The zero-order valence-electron chi connectivity index (χ0n) is 8.66. The Hall–Kier alpha value is -0.290. The summed E-state index contributed by atoms with van der Waals surface area (Å²) in [5.74, 6) is 0. The summed E-state index contributed by atoms with van der Waals surface area (Å²) < 4.78 is 39.3. The van der Waals surface area contributed by atoms with Gasteiger partial charge in [0.25, 0.3) is 0 Å². The number of rotatable bonds is 7. The van der Waals surface area contributed by atoms with Gasteiger partial charge in [-0.05, 0) is 26.3 Å². The fraction of sp³-hybridized carbons (Fsp3) is 1.00. The first-order valence-corrected chi connectivity index (χ1v) is 4.83. The normalized spacial score (nSPS) is 14.4. The van der Waals surface area contributed by atoms with Gasteiger partial charge in [0.1, 0.15) is 6.61 Å². The van der Waals surface area contributed by atoms with Gasteiger partial charge in [0.15, 0.2) is 0 Å². The van der Waals surface area contributed by atoms with Crippen LogP contribution in [0.4, 0.5) is 13.2 Å². The molecule has 0 aliphatic heterocycles. The number of hydrogen-bond donors (Lipinski definition) is 1. The van der Waals surface area contributed by atoms with Gasteiger partial charge in [0.2, 0.25) is 0 Å². The fourth-order valence-corrected chi connectivity index (χ4v) is 1.13. The summed E-state index contributed by atoms with van der Waals surface area (Å²) >= 11 is 0. The highest BCUT2D eigenvalue weighted by atomic mass is 19.4. The second-order valence-electron chi connectivity index (χ2n) is 3.27. The molecule has 0 aromatic carbocycles. The molecule has 0 aliphatic carbocycles. The maximum atomic E-state index is 11.6. The number of nitrogens with one attached hydrogen (secondary N) is 1. The summed E-state index contributed by atoms with van der Waals surface area (Å²) in [6.07, 6.45) is -2.71. The monoisotopic (exact) mass is 213 g/mol. The fourth-order valence-electron chi connectivity index (χ4n) is 1.13. The van der Waals surface area contributed by atoms with Crippen LogP contribution in [0.15, 0.2) is 0 Å². The van der Waals surface area contributed by atoms with Crippen molar-refractivity contribution in [2.45, 2.75) is 38.9 Å². The first-order valence-electron chi connectivity index (χ1n) is 4.83. The summed E-state index contributed by atoms with van der Waals surface area (Å²) in [6.45, 7) is 3.92. The highest BCUT2D eigenvalue weighted by molar-refractivity contribution is 4.58. The van der Waals surface area contributed by atoms with E-state index in [1.807, 2.05) is 13.8 Å². The molecule has 0 heterocycles. The SMILES string of the molecule is CCNC(C)CCCOCC(F)(F)F. The quantitative estimate of drug-likeness (QED) is 0.655. The smallest absolute Gasteiger partial charge is 0.372 e. The molecule has 1 unspecified atom stereocenters. The van der Waals surface area contributed by atoms with Crippen molar-refractivity contribution < 1.29 is 17.9 Å². The Kier molecular flexibility index (Phi) is 6.92. The van der Waals surface area contributed by atoms with Crippen LogP contribution in [0.2, 0.25) is 0 Å². The van der Waals surface area contributed by atoms with E-state index in [-0.39, 0.29) is 6.61 Å². The summed E-state index contributed by atoms with van der Waals surface area (Å²) in [6, 6.07) is 0.342. The second kappa shape index (κ2) is 7.06. The van der Waals surface area contributed by atoms with E-state index in [1.165, 1.54) is 0 Å². The van der Waals surface area contributed by atoms with Gasteiger partial charge in [-0.1, -0.05) is 6.92 Å². The zero-order chi connectivity index (χ0) is 11.0. The molecule has 86 valence electrons. The lowest BCUT2D eigenvalue weighted by Gasteiger charge is -2.12. The van der Waals surface area contributed by atoms with E-state index in [4.69, 9.17) is 0 Å². The van der Waals surface area contributed by atoms with Crippen molar-refractivity contribution in [3.05, 3.63) is 0 Å². The van der Waals surface area contributed by atoms with Gasteiger partial charge in [-0.15, -0.1) is 0 Å². The van der Waals surface area contributed by atoms with Crippen LogP contribution in [-0.4, -0.2) is 32.0 Å². The maximum absolute atomic E-state index is 11.6. The average molecular weight is 213 g/mol. The predicted molar refractivity (Wildman–Crippen MR) is 49.2 cm³/mol. The van der Waals surface area contributed by atoms with Crippen LogP contribution < -0.4 is 5.32 Å². The molecule has 0 saturated heterocycles. The first-order chi connectivity index (χ1) is 6.45. The topological polar surface area (TPSA) is 21.3 Å². The molecular weight excluding hydrogens is 195 g/mol. The van der Waals surface area contributed by atoms with Gasteiger partial charge in [-0.3, -0.25) is 0 Å². The number of hydrogen-bond acceptors (Lipinski definition) is 2. The minimum Gasteiger partial charge on any atom is -0.372 e. The molecule has 5 heteroatoms. The maximum Gasteiger partial charge on any atom is 0.411 e. The van der Waals surface area contributed by atoms with Gasteiger partial charge in [-0.25, -0.2) is 0 Å². The van der Waals surface area contributed by atoms with Gasteiger partial charge in [0, 0.05) is 12.6 Å². The van der Waals surface area contributed by atoms with E-state index < -0.39 is 12.8 Å². The Morgan fingerprint density at radius 3 is 2.50 bits per heavy atom. The number of alkyl halides is 3. The molecule has 0 spiro atoms. The average Bonchev–Trinajstić information content (AvgIpc) is 2.02. The van der Waals surface area contributed by atoms with Crippen LogP contribution >= 0.6 is 0 Å². The molecule has 0 aromatic heterocycles. The molecule has 1 atom stereocenters. The summed E-state index contributed by atoms with van der Waals surface area (Å²) in [7, 11) is 0.